The molecular formula is C13H18N2O2S. The van der Waals surface area contributed by atoms with Gasteiger partial charge in [-0.2, -0.15) is 11.8 Å². The number of hydrogen-bond acceptors (Lipinski definition) is 4. The molecule has 0 amide bonds. The van der Waals surface area contributed by atoms with Crippen LogP contribution in [-0.4, -0.2) is 22.0 Å². The van der Waals surface area contributed by atoms with Crippen molar-refractivity contribution in [2.24, 2.45) is 0 Å². The standard InChI is InChI=1S/C13H18N2O2S/c1-13(7-2-8-18-13)10-14-9-11-3-5-12(6-4-11)15(16)17/h3-6,14H,2,7-10H2,1H3. The van der Waals surface area contributed by atoms with E-state index in [9.17, 15) is 10.1 Å². The summed E-state index contributed by atoms with van der Waals surface area (Å²) in [7, 11) is 0. The molecule has 1 N–H and O–H groups in total. The first-order valence-electron chi connectivity index (χ1n) is 6.17. The second-order valence-corrected chi connectivity index (χ2v) is 6.61. The summed E-state index contributed by atoms with van der Waals surface area (Å²) in [6.07, 6.45) is 2.57. The molecule has 1 aromatic rings. The number of nitro benzene ring substituents is 1. The molecule has 4 nitrogen and oxygen atoms in total. The third-order valence-corrected chi connectivity index (χ3v) is 4.81. The van der Waals surface area contributed by atoms with E-state index in [0.717, 1.165) is 18.7 Å². The first kappa shape index (κ1) is 13.4. The minimum absolute atomic E-state index is 0.150. The Bertz CT molecular complexity index is 414. The Morgan fingerprint density at radius 3 is 2.72 bits per heavy atom. The van der Waals surface area contributed by atoms with Crippen molar-refractivity contribution in [1.82, 2.24) is 5.32 Å². The van der Waals surface area contributed by atoms with Gasteiger partial charge in [-0.05, 0) is 31.1 Å². The molecular weight excluding hydrogens is 248 g/mol. The van der Waals surface area contributed by atoms with Crippen molar-refractivity contribution in [2.45, 2.75) is 31.1 Å². The van der Waals surface area contributed by atoms with E-state index in [2.05, 4.69) is 12.2 Å². The number of nitrogens with one attached hydrogen (secondary N) is 1. The molecule has 1 unspecified atom stereocenters. The molecule has 0 bridgehead atoms. The fraction of sp³-hybridized carbons (Fsp3) is 0.538. The van der Waals surface area contributed by atoms with Crippen molar-refractivity contribution in [3.8, 4) is 0 Å². The van der Waals surface area contributed by atoms with E-state index in [4.69, 9.17) is 0 Å². The fourth-order valence-corrected chi connectivity index (χ4v) is 3.46. The van der Waals surface area contributed by atoms with Gasteiger partial charge in [0.2, 0.25) is 0 Å². The Morgan fingerprint density at radius 1 is 1.44 bits per heavy atom. The quantitative estimate of drug-likeness (QED) is 0.657. The normalized spacial score (nSPS) is 23.2. The van der Waals surface area contributed by atoms with E-state index < -0.39 is 0 Å². The second kappa shape index (κ2) is 5.71. The molecule has 1 aliphatic heterocycles. The SMILES string of the molecule is CC1(CNCc2ccc([N+](=O)[O-])cc2)CCCS1. The molecule has 1 saturated heterocycles. The highest BCUT2D eigenvalue weighted by molar-refractivity contribution is 8.00. The molecule has 1 aromatic carbocycles. The van der Waals surface area contributed by atoms with Crippen molar-refractivity contribution < 1.29 is 4.92 Å². The predicted molar refractivity (Wildman–Crippen MR) is 74.9 cm³/mol. The maximum atomic E-state index is 10.5. The van der Waals surface area contributed by atoms with Gasteiger partial charge in [-0.25, -0.2) is 0 Å². The first-order valence-corrected chi connectivity index (χ1v) is 7.16. The smallest absolute Gasteiger partial charge is 0.269 e. The summed E-state index contributed by atoms with van der Waals surface area (Å²) in [5.74, 6) is 1.26. The second-order valence-electron chi connectivity index (χ2n) is 4.93. The Hall–Kier alpha value is -1.07. The van der Waals surface area contributed by atoms with Crippen LogP contribution in [0.3, 0.4) is 0 Å². The van der Waals surface area contributed by atoms with Gasteiger partial charge in [0.25, 0.3) is 5.69 Å². The Balaban J connectivity index is 1.81. The van der Waals surface area contributed by atoms with Crippen molar-refractivity contribution in [2.75, 3.05) is 12.3 Å². The van der Waals surface area contributed by atoms with Crippen LogP contribution >= 0.6 is 11.8 Å². The summed E-state index contributed by atoms with van der Waals surface area (Å²) in [6.45, 7) is 4.07. The Kier molecular flexibility index (Phi) is 4.24. The average molecular weight is 266 g/mol. The molecule has 18 heavy (non-hydrogen) atoms. The number of rotatable bonds is 5. The van der Waals surface area contributed by atoms with E-state index in [-0.39, 0.29) is 10.6 Å². The van der Waals surface area contributed by atoms with Crippen molar-refractivity contribution in [3.63, 3.8) is 0 Å². The van der Waals surface area contributed by atoms with Crippen LogP contribution in [0.1, 0.15) is 25.3 Å². The van der Waals surface area contributed by atoms with E-state index in [1.807, 2.05) is 23.9 Å². The monoisotopic (exact) mass is 266 g/mol. The zero-order valence-electron chi connectivity index (χ0n) is 10.5. The molecule has 98 valence electrons. The van der Waals surface area contributed by atoms with Gasteiger partial charge < -0.3 is 5.32 Å². The van der Waals surface area contributed by atoms with Gasteiger partial charge in [0, 0.05) is 30.0 Å². The number of nitro groups is 1. The topological polar surface area (TPSA) is 55.2 Å². The minimum Gasteiger partial charge on any atom is -0.311 e. The maximum Gasteiger partial charge on any atom is 0.269 e. The van der Waals surface area contributed by atoms with Crippen molar-refractivity contribution in [3.05, 3.63) is 39.9 Å². The van der Waals surface area contributed by atoms with Gasteiger partial charge in [-0.3, -0.25) is 10.1 Å². The number of hydrogen-bond donors (Lipinski definition) is 1. The Morgan fingerprint density at radius 2 is 2.17 bits per heavy atom. The molecule has 0 aromatic heterocycles. The summed E-state index contributed by atoms with van der Waals surface area (Å²) in [6, 6.07) is 6.75. The van der Waals surface area contributed by atoms with Crippen LogP contribution in [0.4, 0.5) is 5.69 Å². The highest BCUT2D eigenvalue weighted by Crippen LogP contribution is 2.36. The van der Waals surface area contributed by atoms with E-state index in [1.54, 1.807) is 12.1 Å². The third-order valence-electron chi connectivity index (χ3n) is 3.28. The number of nitrogens with zero attached hydrogens (tertiary/aromatic N) is 1. The Labute approximate surface area is 111 Å². The molecule has 5 heteroatoms. The molecule has 1 fully saturated rings. The van der Waals surface area contributed by atoms with Crippen molar-refractivity contribution >= 4 is 17.4 Å². The summed E-state index contributed by atoms with van der Waals surface area (Å²) in [4.78, 5) is 10.2. The van der Waals surface area contributed by atoms with E-state index >= 15 is 0 Å². The third kappa shape index (κ3) is 3.46. The summed E-state index contributed by atoms with van der Waals surface area (Å²) in [5.41, 5.74) is 1.24. The highest BCUT2D eigenvalue weighted by atomic mass is 32.2. The lowest BCUT2D eigenvalue weighted by Gasteiger charge is -2.22. The van der Waals surface area contributed by atoms with Crippen LogP contribution in [0.15, 0.2) is 24.3 Å². The zero-order valence-corrected chi connectivity index (χ0v) is 11.3. The summed E-state index contributed by atoms with van der Waals surface area (Å²) >= 11 is 2.03. The predicted octanol–water partition coefficient (Wildman–Crippen LogP) is 2.97. The van der Waals surface area contributed by atoms with E-state index in [0.29, 0.717) is 4.75 Å². The van der Waals surface area contributed by atoms with Crippen LogP contribution in [0.2, 0.25) is 0 Å². The minimum atomic E-state index is -0.368. The van der Waals surface area contributed by atoms with Gasteiger partial charge >= 0.3 is 0 Å². The van der Waals surface area contributed by atoms with Gasteiger partial charge in [0.05, 0.1) is 4.92 Å². The van der Waals surface area contributed by atoms with Gasteiger partial charge in [-0.1, -0.05) is 12.1 Å². The summed E-state index contributed by atoms with van der Waals surface area (Å²) in [5, 5.41) is 14.0. The molecule has 0 spiro atoms. The van der Waals surface area contributed by atoms with Crippen LogP contribution < -0.4 is 5.32 Å². The molecule has 0 radical (unpaired) electrons. The number of thioether (sulfide) groups is 1. The lowest BCUT2D eigenvalue weighted by Crippen LogP contribution is -2.32. The first-order chi connectivity index (χ1) is 8.59. The lowest BCUT2D eigenvalue weighted by atomic mass is 10.1. The lowest BCUT2D eigenvalue weighted by molar-refractivity contribution is -0.384. The molecule has 1 aliphatic rings. The average Bonchev–Trinajstić information content (AvgIpc) is 2.77. The van der Waals surface area contributed by atoms with E-state index in [1.165, 1.54) is 18.6 Å². The van der Waals surface area contributed by atoms with Gasteiger partial charge in [0.15, 0.2) is 0 Å². The fourth-order valence-electron chi connectivity index (χ4n) is 2.18. The molecule has 2 rings (SSSR count). The summed E-state index contributed by atoms with van der Waals surface area (Å²) < 4.78 is 0.362. The van der Waals surface area contributed by atoms with Crippen LogP contribution in [0.5, 0.6) is 0 Å². The molecule has 1 atom stereocenters. The van der Waals surface area contributed by atoms with Crippen LogP contribution in [0, 0.1) is 10.1 Å². The number of benzene rings is 1. The van der Waals surface area contributed by atoms with Gasteiger partial charge in [-0.15, -0.1) is 0 Å². The molecule has 1 heterocycles. The number of non-ortho nitro benzene ring substituents is 1. The van der Waals surface area contributed by atoms with Crippen molar-refractivity contribution in [1.29, 1.82) is 0 Å². The zero-order chi connectivity index (χ0) is 13.0. The molecule has 0 aliphatic carbocycles. The maximum absolute atomic E-state index is 10.5. The largest absolute Gasteiger partial charge is 0.311 e. The highest BCUT2D eigenvalue weighted by Gasteiger charge is 2.28. The van der Waals surface area contributed by atoms with Crippen LogP contribution in [-0.2, 0) is 6.54 Å². The molecule has 0 saturated carbocycles. The van der Waals surface area contributed by atoms with Crippen LogP contribution in [0.25, 0.3) is 0 Å². The van der Waals surface area contributed by atoms with Gasteiger partial charge in [0.1, 0.15) is 0 Å².